The minimum Gasteiger partial charge on any atom is -0.493 e. The monoisotopic (exact) mass is 516 g/mol. The minimum absolute atomic E-state index is 0.0437. The van der Waals surface area contributed by atoms with Crippen LogP contribution in [0.1, 0.15) is 30.5 Å². The molecule has 0 aliphatic heterocycles. The van der Waals surface area contributed by atoms with E-state index < -0.39 is 22.5 Å². The van der Waals surface area contributed by atoms with Gasteiger partial charge in [-0.25, -0.2) is 8.42 Å². The van der Waals surface area contributed by atoms with E-state index in [0.717, 1.165) is 15.4 Å². The van der Waals surface area contributed by atoms with Crippen molar-refractivity contribution in [1.82, 2.24) is 5.32 Å². The Labute approximate surface area is 211 Å². The van der Waals surface area contributed by atoms with E-state index in [1.807, 2.05) is 19.9 Å². The molecule has 1 atom stereocenters. The number of nitrogens with one attached hydrogen (secondary N) is 1. The van der Waals surface area contributed by atoms with Crippen molar-refractivity contribution >= 4 is 33.2 Å². The van der Waals surface area contributed by atoms with Crippen LogP contribution in [0.5, 0.6) is 11.5 Å². The number of carbonyl (C=O) groups excluding carboxylic acids is 1. The predicted molar refractivity (Wildman–Crippen MR) is 138 cm³/mol. The lowest BCUT2D eigenvalue weighted by atomic mass is 10.0. The molecule has 3 aromatic rings. The first-order valence-corrected chi connectivity index (χ1v) is 12.9. The molecule has 0 saturated heterocycles. The first-order valence-electron chi connectivity index (χ1n) is 11.1. The molecular weight excluding hydrogens is 488 g/mol. The SMILES string of the molecule is CCC(NC(=O)CN(c1ccc(C)cc1)S(=O)(=O)c1ccc(Cl)cc1)c1ccc(OC)c(OC)c1. The van der Waals surface area contributed by atoms with Gasteiger partial charge in [0.05, 0.1) is 30.8 Å². The first-order chi connectivity index (χ1) is 16.7. The van der Waals surface area contributed by atoms with Crippen LogP contribution < -0.4 is 19.1 Å². The van der Waals surface area contributed by atoms with E-state index in [1.54, 1.807) is 50.6 Å². The van der Waals surface area contributed by atoms with Crippen molar-refractivity contribution in [2.75, 3.05) is 25.1 Å². The van der Waals surface area contributed by atoms with Crippen molar-refractivity contribution in [3.63, 3.8) is 0 Å². The summed E-state index contributed by atoms with van der Waals surface area (Å²) in [5.74, 6) is 0.686. The number of nitrogens with zero attached hydrogens (tertiary/aromatic N) is 1. The second-order valence-electron chi connectivity index (χ2n) is 7.94. The Kier molecular flexibility index (Phi) is 8.64. The molecule has 0 aliphatic rings. The highest BCUT2D eigenvalue weighted by Crippen LogP contribution is 2.31. The van der Waals surface area contributed by atoms with Crippen LogP contribution in [0.2, 0.25) is 5.02 Å². The highest BCUT2D eigenvalue weighted by atomic mass is 35.5. The average molecular weight is 517 g/mol. The summed E-state index contributed by atoms with van der Waals surface area (Å²) in [5.41, 5.74) is 2.18. The fourth-order valence-corrected chi connectivity index (χ4v) is 5.17. The summed E-state index contributed by atoms with van der Waals surface area (Å²) in [5, 5.41) is 3.37. The Bertz CT molecular complexity index is 1260. The van der Waals surface area contributed by atoms with Crippen LogP contribution in [0.25, 0.3) is 0 Å². The Morgan fingerprint density at radius 1 is 0.971 bits per heavy atom. The number of ether oxygens (including phenoxy) is 2. The van der Waals surface area contributed by atoms with Crippen molar-refractivity contribution in [1.29, 1.82) is 0 Å². The molecule has 0 bridgehead atoms. The number of benzene rings is 3. The lowest BCUT2D eigenvalue weighted by molar-refractivity contribution is -0.120. The molecule has 1 amide bonds. The molecule has 1 unspecified atom stereocenters. The van der Waals surface area contributed by atoms with Gasteiger partial charge in [0.2, 0.25) is 5.91 Å². The maximum Gasteiger partial charge on any atom is 0.264 e. The van der Waals surface area contributed by atoms with Gasteiger partial charge in [0.25, 0.3) is 10.0 Å². The molecule has 0 heterocycles. The zero-order valence-corrected chi connectivity index (χ0v) is 21.7. The van der Waals surface area contributed by atoms with Crippen molar-refractivity contribution in [3.05, 3.63) is 82.9 Å². The molecular formula is C26H29ClN2O5S. The third-order valence-electron chi connectivity index (χ3n) is 5.56. The van der Waals surface area contributed by atoms with Gasteiger partial charge in [-0.2, -0.15) is 0 Å². The number of hydrogen-bond donors (Lipinski definition) is 1. The van der Waals surface area contributed by atoms with Crippen LogP contribution in [0, 0.1) is 6.92 Å². The normalized spacial score (nSPS) is 12.0. The highest BCUT2D eigenvalue weighted by molar-refractivity contribution is 7.92. The second-order valence-corrected chi connectivity index (χ2v) is 10.2. The van der Waals surface area contributed by atoms with Gasteiger partial charge >= 0.3 is 0 Å². The number of carbonyl (C=O) groups is 1. The lowest BCUT2D eigenvalue weighted by Crippen LogP contribution is -2.42. The van der Waals surface area contributed by atoms with E-state index in [0.29, 0.717) is 28.6 Å². The van der Waals surface area contributed by atoms with Crippen LogP contribution in [0.15, 0.2) is 71.6 Å². The van der Waals surface area contributed by atoms with E-state index in [2.05, 4.69) is 5.32 Å². The zero-order chi connectivity index (χ0) is 25.6. The number of anilines is 1. The Morgan fingerprint density at radius 2 is 1.60 bits per heavy atom. The number of halogens is 1. The number of hydrogen-bond acceptors (Lipinski definition) is 5. The van der Waals surface area contributed by atoms with Crippen LogP contribution in [0.3, 0.4) is 0 Å². The van der Waals surface area contributed by atoms with E-state index in [4.69, 9.17) is 21.1 Å². The number of aryl methyl sites for hydroxylation is 1. The maximum atomic E-state index is 13.5. The third kappa shape index (κ3) is 6.26. The van der Waals surface area contributed by atoms with E-state index in [9.17, 15) is 13.2 Å². The molecule has 0 spiro atoms. The molecule has 0 fully saturated rings. The van der Waals surface area contributed by atoms with E-state index in [-0.39, 0.29) is 10.9 Å². The molecule has 1 N–H and O–H groups in total. The summed E-state index contributed by atoms with van der Waals surface area (Å²) in [7, 11) is -0.931. The van der Waals surface area contributed by atoms with Gasteiger partial charge in [-0.3, -0.25) is 9.10 Å². The number of rotatable bonds is 10. The van der Waals surface area contributed by atoms with Crippen LogP contribution >= 0.6 is 11.6 Å². The van der Waals surface area contributed by atoms with Crippen LogP contribution in [-0.4, -0.2) is 35.1 Å². The fourth-order valence-electron chi connectivity index (χ4n) is 3.62. The topological polar surface area (TPSA) is 84.9 Å². The molecule has 3 aromatic carbocycles. The third-order valence-corrected chi connectivity index (χ3v) is 7.60. The van der Waals surface area contributed by atoms with Gasteiger partial charge in [0.15, 0.2) is 11.5 Å². The molecule has 186 valence electrons. The number of amides is 1. The quantitative estimate of drug-likeness (QED) is 0.404. The zero-order valence-electron chi connectivity index (χ0n) is 20.1. The molecule has 3 rings (SSSR count). The molecule has 35 heavy (non-hydrogen) atoms. The summed E-state index contributed by atoms with van der Waals surface area (Å²) < 4.78 is 38.8. The Hall–Kier alpha value is -3.23. The molecule has 9 heteroatoms. The Balaban J connectivity index is 1.90. The summed E-state index contributed by atoms with van der Waals surface area (Å²) in [6.45, 7) is 3.45. The van der Waals surface area contributed by atoms with Gasteiger partial charge in [-0.1, -0.05) is 42.3 Å². The summed E-state index contributed by atoms with van der Waals surface area (Å²) in [4.78, 5) is 13.2. The average Bonchev–Trinajstić information content (AvgIpc) is 2.86. The summed E-state index contributed by atoms with van der Waals surface area (Å²) in [6.07, 6.45) is 0.593. The minimum atomic E-state index is -4.03. The van der Waals surface area contributed by atoms with Gasteiger partial charge in [0, 0.05) is 5.02 Å². The molecule has 0 aliphatic carbocycles. The van der Waals surface area contributed by atoms with E-state index >= 15 is 0 Å². The van der Waals surface area contributed by atoms with Gasteiger partial charge in [0.1, 0.15) is 6.54 Å². The van der Waals surface area contributed by atoms with Crippen molar-refractivity contribution in [2.24, 2.45) is 0 Å². The van der Waals surface area contributed by atoms with Crippen molar-refractivity contribution in [2.45, 2.75) is 31.2 Å². The largest absolute Gasteiger partial charge is 0.493 e. The Morgan fingerprint density at radius 3 is 2.17 bits per heavy atom. The lowest BCUT2D eigenvalue weighted by Gasteiger charge is -2.26. The van der Waals surface area contributed by atoms with Gasteiger partial charge in [-0.05, 0) is 67.4 Å². The maximum absolute atomic E-state index is 13.5. The van der Waals surface area contributed by atoms with Crippen molar-refractivity contribution in [3.8, 4) is 11.5 Å². The molecule has 0 aromatic heterocycles. The van der Waals surface area contributed by atoms with Crippen LogP contribution in [-0.2, 0) is 14.8 Å². The second kappa shape index (κ2) is 11.5. The van der Waals surface area contributed by atoms with Crippen LogP contribution in [0.4, 0.5) is 5.69 Å². The van der Waals surface area contributed by atoms with Gasteiger partial charge < -0.3 is 14.8 Å². The van der Waals surface area contributed by atoms with Gasteiger partial charge in [-0.15, -0.1) is 0 Å². The summed E-state index contributed by atoms with van der Waals surface area (Å²) in [6, 6.07) is 17.9. The molecule has 7 nitrogen and oxygen atoms in total. The number of methoxy groups -OCH3 is 2. The number of sulfonamides is 1. The first kappa shape index (κ1) is 26.4. The molecule has 0 radical (unpaired) electrons. The highest BCUT2D eigenvalue weighted by Gasteiger charge is 2.28. The van der Waals surface area contributed by atoms with E-state index in [1.165, 1.54) is 24.3 Å². The predicted octanol–water partition coefficient (Wildman–Crippen LogP) is 5.13. The molecule has 0 saturated carbocycles. The fraction of sp³-hybridized carbons (Fsp3) is 0.269. The smallest absolute Gasteiger partial charge is 0.264 e. The van der Waals surface area contributed by atoms with Crippen molar-refractivity contribution < 1.29 is 22.7 Å². The summed E-state index contributed by atoms with van der Waals surface area (Å²) >= 11 is 5.94. The standard InChI is InChI=1S/C26H29ClN2O5S/c1-5-23(19-8-15-24(33-3)25(16-19)34-4)28-26(30)17-29(21-11-6-18(2)7-12-21)35(31,32)22-13-9-20(27)10-14-22/h6-16,23H,5,17H2,1-4H3,(H,28,30).